The zero-order valence-electron chi connectivity index (χ0n) is 13.6. The minimum absolute atomic E-state index is 0.117. The third-order valence-electron chi connectivity index (χ3n) is 3.76. The third kappa shape index (κ3) is 3.03. The van der Waals surface area contributed by atoms with E-state index in [2.05, 4.69) is 11.9 Å². The van der Waals surface area contributed by atoms with Crippen LogP contribution in [-0.2, 0) is 6.42 Å². The summed E-state index contributed by atoms with van der Waals surface area (Å²) >= 11 is 0. The van der Waals surface area contributed by atoms with Crippen LogP contribution in [0.2, 0.25) is 0 Å². The molecule has 1 N–H and O–H groups in total. The van der Waals surface area contributed by atoms with Crippen molar-refractivity contribution >= 4 is 10.9 Å². The van der Waals surface area contributed by atoms with E-state index in [9.17, 15) is 4.79 Å². The molecule has 22 heavy (non-hydrogen) atoms. The van der Waals surface area contributed by atoms with Crippen molar-refractivity contribution in [2.45, 2.75) is 32.6 Å². The molecule has 0 saturated heterocycles. The van der Waals surface area contributed by atoms with Crippen LogP contribution in [0.3, 0.4) is 0 Å². The molecule has 0 radical (unpaired) electrons. The van der Waals surface area contributed by atoms with Crippen LogP contribution in [0.25, 0.3) is 10.9 Å². The maximum Gasteiger partial charge on any atom is 0.248 e. The monoisotopic (exact) mass is 305 g/mol. The first-order chi connectivity index (χ1) is 10.7. The highest BCUT2D eigenvalue weighted by Crippen LogP contribution is 2.43. The summed E-state index contributed by atoms with van der Waals surface area (Å²) in [4.78, 5) is 14.8. The number of aromatic nitrogens is 1. The molecule has 0 bridgehead atoms. The predicted molar refractivity (Wildman–Crippen MR) is 87.5 cm³/mol. The van der Waals surface area contributed by atoms with Gasteiger partial charge in [-0.2, -0.15) is 0 Å². The van der Waals surface area contributed by atoms with Crippen molar-refractivity contribution in [2.24, 2.45) is 0 Å². The van der Waals surface area contributed by atoms with Gasteiger partial charge in [0.15, 0.2) is 11.5 Å². The van der Waals surface area contributed by atoms with Gasteiger partial charge < -0.3 is 19.2 Å². The Balaban J connectivity index is 2.71. The molecule has 5 nitrogen and oxygen atoms in total. The number of methoxy groups -OCH3 is 3. The minimum atomic E-state index is -0.117. The molecule has 0 fully saturated rings. The van der Waals surface area contributed by atoms with Gasteiger partial charge in [0.2, 0.25) is 11.3 Å². The molecule has 1 heterocycles. The Kier molecular flexibility index (Phi) is 5.31. The lowest BCUT2D eigenvalue weighted by molar-refractivity contribution is 0.327. The number of hydrogen-bond donors (Lipinski definition) is 1. The molecule has 0 atom stereocenters. The number of aromatic amines is 1. The Labute approximate surface area is 130 Å². The molecular weight excluding hydrogens is 282 g/mol. The minimum Gasteiger partial charge on any atom is -0.493 e. The Hall–Kier alpha value is -2.17. The fourth-order valence-electron chi connectivity index (χ4n) is 2.74. The van der Waals surface area contributed by atoms with Crippen molar-refractivity contribution in [3.8, 4) is 17.2 Å². The van der Waals surface area contributed by atoms with E-state index in [1.807, 2.05) is 0 Å². The highest BCUT2D eigenvalue weighted by atomic mass is 16.5. The van der Waals surface area contributed by atoms with Gasteiger partial charge in [-0.05, 0) is 18.4 Å². The fraction of sp³-hybridized carbons (Fsp3) is 0.471. The molecule has 120 valence electrons. The van der Waals surface area contributed by atoms with Gasteiger partial charge in [0.25, 0.3) is 0 Å². The first-order valence-electron chi connectivity index (χ1n) is 7.51. The number of rotatable bonds is 7. The SMILES string of the molecule is CCCCCc1cc(=O)[nH]c2cc(OC)c(OC)c(OC)c12. The van der Waals surface area contributed by atoms with E-state index in [1.54, 1.807) is 33.5 Å². The predicted octanol–water partition coefficient (Wildman–Crippen LogP) is 3.29. The summed E-state index contributed by atoms with van der Waals surface area (Å²) in [5.74, 6) is 1.68. The van der Waals surface area contributed by atoms with E-state index in [1.165, 1.54) is 0 Å². The van der Waals surface area contributed by atoms with Crippen LogP contribution in [0.5, 0.6) is 17.2 Å². The van der Waals surface area contributed by atoms with Crippen LogP contribution < -0.4 is 19.8 Å². The van der Waals surface area contributed by atoms with Crippen LogP contribution in [0.4, 0.5) is 0 Å². The van der Waals surface area contributed by atoms with Crippen LogP contribution >= 0.6 is 0 Å². The normalized spacial score (nSPS) is 10.7. The second kappa shape index (κ2) is 7.20. The lowest BCUT2D eigenvalue weighted by atomic mass is 10.0. The zero-order valence-corrected chi connectivity index (χ0v) is 13.6. The van der Waals surface area contributed by atoms with Gasteiger partial charge in [0.1, 0.15) is 0 Å². The van der Waals surface area contributed by atoms with Crippen LogP contribution in [0.15, 0.2) is 16.9 Å². The van der Waals surface area contributed by atoms with E-state index in [0.717, 1.165) is 36.6 Å². The van der Waals surface area contributed by atoms with Crippen LogP contribution in [0.1, 0.15) is 31.7 Å². The summed E-state index contributed by atoms with van der Waals surface area (Å²) in [6, 6.07) is 3.42. The average molecular weight is 305 g/mol. The van der Waals surface area contributed by atoms with Gasteiger partial charge >= 0.3 is 0 Å². The highest BCUT2D eigenvalue weighted by molar-refractivity contribution is 5.93. The number of benzene rings is 1. The zero-order chi connectivity index (χ0) is 16.1. The average Bonchev–Trinajstić information content (AvgIpc) is 2.52. The molecule has 0 spiro atoms. The summed E-state index contributed by atoms with van der Waals surface area (Å²) < 4.78 is 16.3. The molecule has 0 amide bonds. The summed E-state index contributed by atoms with van der Waals surface area (Å²) in [7, 11) is 4.73. The van der Waals surface area contributed by atoms with E-state index in [-0.39, 0.29) is 5.56 Å². The summed E-state index contributed by atoms with van der Waals surface area (Å²) in [5.41, 5.74) is 1.56. The molecule has 1 aromatic heterocycles. The first kappa shape index (κ1) is 16.2. The molecule has 0 saturated carbocycles. The van der Waals surface area contributed by atoms with Crippen molar-refractivity contribution in [3.05, 3.63) is 28.0 Å². The van der Waals surface area contributed by atoms with E-state index < -0.39 is 0 Å². The summed E-state index contributed by atoms with van der Waals surface area (Å²) in [6.07, 6.45) is 4.13. The number of hydrogen-bond acceptors (Lipinski definition) is 4. The Bertz CT molecular complexity index is 706. The number of fused-ring (bicyclic) bond motifs is 1. The molecule has 2 rings (SSSR count). The quantitative estimate of drug-likeness (QED) is 0.797. The third-order valence-corrected chi connectivity index (χ3v) is 3.76. The van der Waals surface area contributed by atoms with Gasteiger partial charge in [-0.1, -0.05) is 19.8 Å². The Morgan fingerprint density at radius 3 is 2.32 bits per heavy atom. The fourth-order valence-corrected chi connectivity index (χ4v) is 2.74. The standard InChI is InChI=1S/C17H23NO4/c1-5-6-7-8-11-9-14(19)18-12-10-13(20-2)16(21-3)17(22-4)15(11)12/h9-10H,5-8H2,1-4H3,(H,18,19). The highest BCUT2D eigenvalue weighted by Gasteiger charge is 2.19. The molecular formula is C17H23NO4. The summed E-state index contributed by atoms with van der Waals surface area (Å²) in [6.45, 7) is 2.16. The lowest BCUT2D eigenvalue weighted by Gasteiger charge is -2.16. The summed E-state index contributed by atoms with van der Waals surface area (Å²) in [5, 5.41) is 0.885. The molecule has 0 unspecified atom stereocenters. The number of aryl methyl sites for hydroxylation is 1. The smallest absolute Gasteiger partial charge is 0.248 e. The number of H-pyrrole nitrogens is 1. The number of pyridine rings is 1. The Morgan fingerprint density at radius 1 is 1.00 bits per heavy atom. The van der Waals surface area contributed by atoms with Gasteiger partial charge in [-0.3, -0.25) is 4.79 Å². The van der Waals surface area contributed by atoms with Crippen molar-refractivity contribution in [2.75, 3.05) is 21.3 Å². The van der Waals surface area contributed by atoms with Gasteiger partial charge in [-0.15, -0.1) is 0 Å². The van der Waals surface area contributed by atoms with Gasteiger partial charge in [-0.25, -0.2) is 0 Å². The lowest BCUT2D eigenvalue weighted by Crippen LogP contribution is -2.08. The van der Waals surface area contributed by atoms with Gasteiger partial charge in [0.05, 0.1) is 26.8 Å². The van der Waals surface area contributed by atoms with Crippen molar-refractivity contribution < 1.29 is 14.2 Å². The Morgan fingerprint density at radius 2 is 1.73 bits per heavy atom. The van der Waals surface area contributed by atoms with Gasteiger partial charge in [0, 0.05) is 17.5 Å². The number of unbranched alkanes of at least 4 members (excludes halogenated alkanes) is 2. The van der Waals surface area contributed by atoms with Crippen molar-refractivity contribution in [1.82, 2.24) is 4.98 Å². The molecule has 0 aliphatic carbocycles. The van der Waals surface area contributed by atoms with Crippen LogP contribution in [-0.4, -0.2) is 26.3 Å². The number of ether oxygens (including phenoxy) is 3. The van der Waals surface area contributed by atoms with E-state index >= 15 is 0 Å². The van der Waals surface area contributed by atoms with Crippen LogP contribution in [0, 0.1) is 0 Å². The molecule has 5 heteroatoms. The maximum atomic E-state index is 11.9. The van der Waals surface area contributed by atoms with E-state index in [0.29, 0.717) is 22.8 Å². The van der Waals surface area contributed by atoms with Crippen molar-refractivity contribution in [1.29, 1.82) is 0 Å². The largest absolute Gasteiger partial charge is 0.493 e. The number of nitrogens with one attached hydrogen (secondary N) is 1. The second-order valence-electron chi connectivity index (χ2n) is 5.18. The molecule has 2 aromatic rings. The first-order valence-corrected chi connectivity index (χ1v) is 7.51. The van der Waals surface area contributed by atoms with E-state index in [4.69, 9.17) is 14.2 Å². The molecule has 0 aliphatic rings. The maximum absolute atomic E-state index is 11.9. The second-order valence-corrected chi connectivity index (χ2v) is 5.18. The molecule has 1 aromatic carbocycles. The topological polar surface area (TPSA) is 60.6 Å². The van der Waals surface area contributed by atoms with Crippen molar-refractivity contribution in [3.63, 3.8) is 0 Å². The molecule has 0 aliphatic heterocycles.